The molecule has 0 amide bonds. The van der Waals surface area contributed by atoms with E-state index in [1.54, 1.807) is 36.7 Å². The van der Waals surface area contributed by atoms with E-state index in [-0.39, 0.29) is 5.82 Å². The molecule has 110 valence electrons. The van der Waals surface area contributed by atoms with E-state index in [0.717, 1.165) is 5.56 Å². The van der Waals surface area contributed by atoms with Crippen LogP contribution in [0.4, 0.5) is 4.39 Å². The first-order chi connectivity index (χ1) is 11.3. The summed E-state index contributed by atoms with van der Waals surface area (Å²) in [6.07, 6.45) is 3.30. The van der Waals surface area contributed by atoms with Crippen molar-refractivity contribution in [1.29, 1.82) is 5.26 Å². The van der Waals surface area contributed by atoms with Gasteiger partial charge >= 0.3 is 0 Å². The van der Waals surface area contributed by atoms with Crippen molar-refractivity contribution >= 4 is 16.3 Å². The molecular weight excluding hydrogens is 313 g/mol. The summed E-state index contributed by atoms with van der Waals surface area (Å²) < 4.78 is 15.4. The Kier molecular flexibility index (Phi) is 3.10. The van der Waals surface area contributed by atoms with Gasteiger partial charge in [0.05, 0.1) is 0 Å². The van der Waals surface area contributed by atoms with Gasteiger partial charge in [-0.15, -0.1) is 0 Å². The summed E-state index contributed by atoms with van der Waals surface area (Å²) in [5.41, 5.74) is 1.98. The molecular formula is C16H8FN5S. The van der Waals surface area contributed by atoms with Crippen LogP contribution in [0, 0.1) is 17.1 Å². The Labute approximate surface area is 134 Å². The lowest BCUT2D eigenvalue weighted by Gasteiger charge is -1.97. The third-order valence-electron chi connectivity index (χ3n) is 3.35. The van der Waals surface area contributed by atoms with Gasteiger partial charge in [0.2, 0.25) is 4.96 Å². The van der Waals surface area contributed by atoms with Crippen LogP contribution in [-0.2, 0) is 0 Å². The van der Waals surface area contributed by atoms with E-state index in [1.165, 1.54) is 21.9 Å². The normalized spacial score (nSPS) is 10.8. The van der Waals surface area contributed by atoms with E-state index >= 15 is 0 Å². The van der Waals surface area contributed by atoms with Crippen molar-refractivity contribution < 1.29 is 4.39 Å². The van der Waals surface area contributed by atoms with E-state index in [2.05, 4.69) is 21.1 Å². The highest BCUT2D eigenvalue weighted by Gasteiger charge is 2.19. The number of benzene rings is 1. The second-order valence-electron chi connectivity index (χ2n) is 4.74. The molecule has 0 unspecified atom stereocenters. The average molecular weight is 321 g/mol. The summed E-state index contributed by atoms with van der Waals surface area (Å²) in [5, 5.41) is 14.3. The van der Waals surface area contributed by atoms with E-state index in [4.69, 9.17) is 0 Å². The van der Waals surface area contributed by atoms with Crippen LogP contribution in [0.25, 0.3) is 26.8 Å². The highest BCUT2D eigenvalue weighted by atomic mass is 32.1. The lowest BCUT2D eigenvalue weighted by Crippen LogP contribution is -1.92. The van der Waals surface area contributed by atoms with Crippen LogP contribution in [0.3, 0.4) is 0 Å². The highest BCUT2D eigenvalue weighted by Crippen LogP contribution is 2.31. The number of nitrogens with zero attached hydrogens (tertiary/aromatic N) is 5. The van der Waals surface area contributed by atoms with Crippen molar-refractivity contribution in [3.05, 3.63) is 60.3 Å². The first-order valence-electron chi connectivity index (χ1n) is 6.73. The molecule has 0 aliphatic rings. The van der Waals surface area contributed by atoms with Gasteiger partial charge in [-0.25, -0.2) is 9.37 Å². The van der Waals surface area contributed by atoms with Crippen LogP contribution in [0.15, 0.2) is 48.8 Å². The van der Waals surface area contributed by atoms with E-state index in [0.29, 0.717) is 26.9 Å². The molecule has 0 spiro atoms. The second-order valence-corrected chi connectivity index (χ2v) is 5.70. The minimum absolute atomic E-state index is 0.312. The molecule has 0 saturated heterocycles. The van der Waals surface area contributed by atoms with Crippen molar-refractivity contribution in [2.24, 2.45) is 0 Å². The quantitative estimate of drug-likeness (QED) is 0.566. The molecule has 0 radical (unpaired) electrons. The van der Waals surface area contributed by atoms with Gasteiger partial charge < -0.3 is 0 Å². The van der Waals surface area contributed by atoms with Gasteiger partial charge in [-0.1, -0.05) is 23.5 Å². The van der Waals surface area contributed by atoms with Crippen LogP contribution in [0.1, 0.15) is 5.69 Å². The molecule has 1 aromatic carbocycles. The van der Waals surface area contributed by atoms with Gasteiger partial charge in [0.15, 0.2) is 10.7 Å². The fourth-order valence-corrected chi connectivity index (χ4v) is 3.22. The maximum absolute atomic E-state index is 13.9. The maximum Gasteiger partial charge on any atom is 0.214 e. The number of halogens is 1. The van der Waals surface area contributed by atoms with Gasteiger partial charge in [0.25, 0.3) is 0 Å². The van der Waals surface area contributed by atoms with Crippen LogP contribution in [-0.4, -0.2) is 19.6 Å². The molecule has 7 heteroatoms. The highest BCUT2D eigenvalue weighted by molar-refractivity contribution is 7.19. The monoisotopic (exact) mass is 321 g/mol. The van der Waals surface area contributed by atoms with Gasteiger partial charge in [0, 0.05) is 23.5 Å². The third-order valence-corrected chi connectivity index (χ3v) is 4.29. The molecule has 4 aromatic rings. The Morgan fingerprint density at radius 3 is 2.78 bits per heavy atom. The number of hydrogen-bond acceptors (Lipinski definition) is 5. The molecule has 0 aliphatic heterocycles. The number of imidazole rings is 1. The minimum Gasteiger partial charge on any atom is -0.264 e. The number of fused-ring (bicyclic) bond motifs is 1. The topological polar surface area (TPSA) is 66.9 Å². The van der Waals surface area contributed by atoms with Crippen molar-refractivity contribution in [1.82, 2.24) is 19.6 Å². The number of aromatic nitrogens is 4. The van der Waals surface area contributed by atoms with Crippen LogP contribution >= 0.6 is 11.3 Å². The molecule has 4 rings (SSSR count). The fourth-order valence-electron chi connectivity index (χ4n) is 2.30. The predicted octanol–water partition coefficient (Wildman–Crippen LogP) is 3.53. The van der Waals surface area contributed by atoms with Crippen LogP contribution in [0.5, 0.6) is 0 Å². The molecule has 3 aromatic heterocycles. The zero-order valence-corrected chi connectivity index (χ0v) is 12.5. The van der Waals surface area contributed by atoms with Gasteiger partial charge in [0.1, 0.15) is 17.6 Å². The first kappa shape index (κ1) is 13.5. The Bertz CT molecular complexity index is 1050. The molecule has 0 saturated carbocycles. The van der Waals surface area contributed by atoms with Gasteiger partial charge in [-0.05, 0) is 24.3 Å². The third kappa shape index (κ3) is 2.17. The number of pyridine rings is 1. The second kappa shape index (κ2) is 5.26. The maximum atomic E-state index is 13.9. The Hall–Kier alpha value is -3.11. The number of rotatable bonds is 2. The van der Waals surface area contributed by atoms with E-state index in [1.807, 2.05) is 6.07 Å². The van der Waals surface area contributed by atoms with E-state index in [9.17, 15) is 9.65 Å². The predicted molar refractivity (Wildman–Crippen MR) is 84.2 cm³/mol. The molecule has 5 nitrogen and oxygen atoms in total. The Balaban J connectivity index is 1.91. The van der Waals surface area contributed by atoms with Crippen molar-refractivity contribution in [3.8, 4) is 27.9 Å². The zero-order chi connectivity index (χ0) is 15.8. The number of nitriles is 1. The van der Waals surface area contributed by atoms with Gasteiger partial charge in [-0.3, -0.25) is 4.98 Å². The SMILES string of the molecule is N#Cc1c(-c2cccnc2)nc2sc(-c3ccccc3F)nn12. The zero-order valence-electron chi connectivity index (χ0n) is 11.6. The summed E-state index contributed by atoms with van der Waals surface area (Å²) in [6, 6.07) is 12.1. The minimum atomic E-state index is -0.351. The lowest BCUT2D eigenvalue weighted by molar-refractivity contribution is 0.631. The molecule has 0 atom stereocenters. The number of hydrogen-bond donors (Lipinski definition) is 0. The summed E-state index contributed by atoms with van der Waals surface area (Å²) >= 11 is 1.24. The standard InChI is InChI=1S/C16H8FN5S/c17-12-6-2-1-5-11(12)15-21-22-13(8-18)14(20-16(22)23-15)10-4-3-7-19-9-10/h1-7,9H. The molecule has 0 bridgehead atoms. The Morgan fingerprint density at radius 1 is 1.17 bits per heavy atom. The first-order valence-corrected chi connectivity index (χ1v) is 7.54. The lowest BCUT2D eigenvalue weighted by atomic mass is 10.2. The summed E-state index contributed by atoms with van der Waals surface area (Å²) in [6.45, 7) is 0. The summed E-state index contributed by atoms with van der Waals surface area (Å²) in [5.74, 6) is -0.351. The smallest absolute Gasteiger partial charge is 0.214 e. The van der Waals surface area contributed by atoms with Crippen molar-refractivity contribution in [2.75, 3.05) is 0 Å². The molecule has 0 fully saturated rings. The van der Waals surface area contributed by atoms with Crippen LogP contribution in [0.2, 0.25) is 0 Å². The summed E-state index contributed by atoms with van der Waals surface area (Å²) in [4.78, 5) is 9.05. The van der Waals surface area contributed by atoms with Crippen LogP contribution < -0.4 is 0 Å². The fraction of sp³-hybridized carbons (Fsp3) is 0. The average Bonchev–Trinajstić information content (AvgIpc) is 3.13. The van der Waals surface area contributed by atoms with E-state index < -0.39 is 0 Å². The van der Waals surface area contributed by atoms with Gasteiger partial charge in [-0.2, -0.15) is 14.9 Å². The largest absolute Gasteiger partial charge is 0.264 e. The summed E-state index contributed by atoms with van der Waals surface area (Å²) in [7, 11) is 0. The van der Waals surface area contributed by atoms with Crippen molar-refractivity contribution in [3.63, 3.8) is 0 Å². The molecule has 3 heterocycles. The molecule has 23 heavy (non-hydrogen) atoms. The molecule has 0 aliphatic carbocycles. The van der Waals surface area contributed by atoms with Crippen molar-refractivity contribution in [2.45, 2.75) is 0 Å². The molecule has 0 N–H and O–H groups in total. The Morgan fingerprint density at radius 2 is 2.04 bits per heavy atom.